The van der Waals surface area contributed by atoms with E-state index in [2.05, 4.69) is 15.4 Å². The first-order valence-electron chi connectivity index (χ1n) is 6.27. The van der Waals surface area contributed by atoms with Gasteiger partial charge in [0.2, 0.25) is 0 Å². The van der Waals surface area contributed by atoms with Crippen molar-refractivity contribution in [2.24, 2.45) is 0 Å². The number of pyridine rings is 1. The van der Waals surface area contributed by atoms with Crippen molar-refractivity contribution in [3.8, 4) is 0 Å². The second-order valence-electron chi connectivity index (χ2n) is 5.04. The third-order valence-corrected chi connectivity index (χ3v) is 3.02. The lowest BCUT2D eigenvalue weighted by atomic mass is 10.0. The molecule has 2 heterocycles. The molecule has 0 aromatic carbocycles. The summed E-state index contributed by atoms with van der Waals surface area (Å²) in [5.74, 6) is 0.824. The summed E-state index contributed by atoms with van der Waals surface area (Å²) in [4.78, 5) is 4.16. The maximum atomic E-state index is 10.2. The molecule has 0 aliphatic heterocycles. The van der Waals surface area contributed by atoms with Crippen molar-refractivity contribution in [2.45, 2.75) is 25.9 Å². The molecule has 0 amide bonds. The van der Waals surface area contributed by atoms with Crippen LogP contribution < -0.4 is 5.32 Å². The minimum Gasteiger partial charge on any atom is -0.388 e. The van der Waals surface area contributed by atoms with Gasteiger partial charge in [-0.3, -0.25) is 0 Å². The van der Waals surface area contributed by atoms with Crippen LogP contribution >= 0.6 is 0 Å². The number of fused-ring (bicyclic) bond motifs is 1. The van der Waals surface area contributed by atoms with E-state index in [1.54, 1.807) is 18.5 Å². The first kappa shape index (κ1) is 13.8. The Labute approximate surface area is 112 Å². The molecule has 1 atom stereocenters. The standard InChI is InChI=1S/C13H20N4O2/c1-10-6-11(17-12(7-10)15-9-16-17)14-8-13(2,18)4-5-19-3/h6-7,9,14,18H,4-5,8H2,1-3H3. The number of anilines is 1. The fourth-order valence-corrected chi connectivity index (χ4v) is 1.87. The first-order chi connectivity index (χ1) is 9.02. The molecule has 2 aromatic heterocycles. The topological polar surface area (TPSA) is 71.7 Å². The molecular formula is C13H20N4O2. The van der Waals surface area contributed by atoms with Crippen molar-refractivity contribution in [3.05, 3.63) is 24.0 Å². The van der Waals surface area contributed by atoms with E-state index < -0.39 is 5.60 Å². The summed E-state index contributed by atoms with van der Waals surface area (Å²) < 4.78 is 6.71. The highest BCUT2D eigenvalue weighted by atomic mass is 16.5. The number of nitrogens with one attached hydrogen (secondary N) is 1. The van der Waals surface area contributed by atoms with Gasteiger partial charge in [0.25, 0.3) is 0 Å². The van der Waals surface area contributed by atoms with Crippen LogP contribution in [0.15, 0.2) is 18.5 Å². The third-order valence-electron chi connectivity index (χ3n) is 3.02. The lowest BCUT2D eigenvalue weighted by Crippen LogP contribution is -2.35. The van der Waals surface area contributed by atoms with E-state index in [1.165, 1.54) is 6.33 Å². The van der Waals surface area contributed by atoms with Crippen LogP contribution in [0.25, 0.3) is 5.65 Å². The van der Waals surface area contributed by atoms with Gasteiger partial charge in [0.15, 0.2) is 5.65 Å². The quantitative estimate of drug-likeness (QED) is 0.821. The van der Waals surface area contributed by atoms with Gasteiger partial charge in [-0.05, 0) is 31.5 Å². The number of aryl methyl sites for hydroxylation is 1. The van der Waals surface area contributed by atoms with Crippen molar-refractivity contribution in [1.82, 2.24) is 14.6 Å². The molecule has 0 saturated carbocycles. The number of hydrogen-bond donors (Lipinski definition) is 2. The fourth-order valence-electron chi connectivity index (χ4n) is 1.87. The minimum absolute atomic E-state index is 0.425. The van der Waals surface area contributed by atoms with Crippen LogP contribution in [0.4, 0.5) is 5.82 Å². The van der Waals surface area contributed by atoms with Crippen LogP contribution in [-0.4, -0.2) is 45.6 Å². The molecule has 0 radical (unpaired) electrons. The lowest BCUT2D eigenvalue weighted by Gasteiger charge is -2.24. The lowest BCUT2D eigenvalue weighted by molar-refractivity contribution is 0.0356. The number of rotatable bonds is 6. The van der Waals surface area contributed by atoms with E-state index in [9.17, 15) is 5.11 Å². The number of aromatic nitrogens is 3. The Balaban J connectivity index is 2.11. The van der Waals surface area contributed by atoms with Gasteiger partial charge in [0.05, 0.1) is 5.60 Å². The van der Waals surface area contributed by atoms with Crippen molar-refractivity contribution < 1.29 is 9.84 Å². The van der Waals surface area contributed by atoms with Gasteiger partial charge in [0, 0.05) is 26.7 Å². The Morgan fingerprint density at radius 3 is 3.00 bits per heavy atom. The molecule has 0 spiro atoms. The fraction of sp³-hybridized carbons (Fsp3) is 0.538. The summed E-state index contributed by atoms with van der Waals surface area (Å²) >= 11 is 0. The molecule has 19 heavy (non-hydrogen) atoms. The molecule has 0 aliphatic carbocycles. The molecule has 1 unspecified atom stereocenters. The monoisotopic (exact) mass is 264 g/mol. The van der Waals surface area contributed by atoms with Gasteiger partial charge in [-0.1, -0.05) is 0 Å². The highest BCUT2D eigenvalue weighted by Gasteiger charge is 2.20. The molecule has 6 heteroatoms. The average molecular weight is 264 g/mol. The smallest absolute Gasteiger partial charge is 0.157 e. The van der Waals surface area contributed by atoms with E-state index >= 15 is 0 Å². The maximum Gasteiger partial charge on any atom is 0.157 e. The molecule has 0 saturated heterocycles. The van der Waals surface area contributed by atoms with E-state index in [4.69, 9.17) is 4.74 Å². The molecular weight excluding hydrogens is 244 g/mol. The summed E-state index contributed by atoms with van der Waals surface area (Å²) in [7, 11) is 1.63. The van der Waals surface area contributed by atoms with E-state index in [1.807, 2.05) is 19.1 Å². The van der Waals surface area contributed by atoms with Crippen molar-refractivity contribution in [3.63, 3.8) is 0 Å². The summed E-state index contributed by atoms with van der Waals surface area (Å²) in [5.41, 5.74) is 1.06. The van der Waals surface area contributed by atoms with Gasteiger partial charge in [0.1, 0.15) is 12.1 Å². The number of aliphatic hydroxyl groups is 1. The Morgan fingerprint density at radius 1 is 1.47 bits per heavy atom. The van der Waals surface area contributed by atoms with Crippen LogP contribution in [0, 0.1) is 6.92 Å². The van der Waals surface area contributed by atoms with Crippen LogP contribution in [0.3, 0.4) is 0 Å². The maximum absolute atomic E-state index is 10.2. The summed E-state index contributed by atoms with van der Waals surface area (Å²) in [6.07, 6.45) is 2.09. The third kappa shape index (κ3) is 3.42. The Hall–Kier alpha value is -1.66. The van der Waals surface area contributed by atoms with Crippen LogP contribution in [0.1, 0.15) is 18.9 Å². The average Bonchev–Trinajstić information content (AvgIpc) is 2.81. The summed E-state index contributed by atoms with van der Waals surface area (Å²) in [5, 5.41) is 17.6. The van der Waals surface area contributed by atoms with Crippen molar-refractivity contribution in [1.29, 1.82) is 0 Å². The molecule has 2 N–H and O–H groups in total. The van der Waals surface area contributed by atoms with Gasteiger partial charge >= 0.3 is 0 Å². The minimum atomic E-state index is -0.827. The van der Waals surface area contributed by atoms with Crippen LogP contribution in [-0.2, 0) is 4.74 Å². The van der Waals surface area contributed by atoms with Crippen molar-refractivity contribution >= 4 is 11.5 Å². The van der Waals surface area contributed by atoms with Gasteiger partial charge in [-0.15, -0.1) is 0 Å². The van der Waals surface area contributed by atoms with Gasteiger partial charge < -0.3 is 15.2 Å². The first-order valence-corrected chi connectivity index (χ1v) is 6.27. The molecule has 6 nitrogen and oxygen atoms in total. The summed E-state index contributed by atoms with van der Waals surface area (Å²) in [6, 6.07) is 3.94. The Bertz CT molecular complexity index is 551. The number of methoxy groups -OCH3 is 1. The predicted octanol–water partition coefficient (Wildman–Crippen LogP) is 1.24. The predicted molar refractivity (Wildman–Crippen MR) is 73.3 cm³/mol. The van der Waals surface area contributed by atoms with Gasteiger partial charge in [-0.2, -0.15) is 9.61 Å². The van der Waals surface area contributed by atoms with Gasteiger partial charge in [-0.25, -0.2) is 4.98 Å². The second-order valence-corrected chi connectivity index (χ2v) is 5.04. The molecule has 2 aromatic rings. The number of ether oxygens (including phenoxy) is 1. The number of nitrogens with zero attached hydrogens (tertiary/aromatic N) is 3. The zero-order valence-electron chi connectivity index (χ0n) is 11.6. The largest absolute Gasteiger partial charge is 0.388 e. The van der Waals surface area contributed by atoms with E-state index in [-0.39, 0.29) is 0 Å². The SMILES string of the molecule is COCCC(C)(O)CNc1cc(C)cc2ncnn12. The zero-order chi connectivity index (χ0) is 13.9. The van der Waals surface area contributed by atoms with E-state index in [0.29, 0.717) is 19.6 Å². The summed E-state index contributed by atoms with van der Waals surface area (Å²) in [6.45, 7) is 4.74. The molecule has 0 fully saturated rings. The molecule has 0 bridgehead atoms. The molecule has 0 aliphatic rings. The zero-order valence-corrected chi connectivity index (χ0v) is 11.6. The molecule has 2 rings (SSSR count). The Morgan fingerprint density at radius 2 is 2.26 bits per heavy atom. The molecule has 104 valence electrons. The number of hydrogen-bond acceptors (Lipinski definition) is 5. The van der Waals surface area contributed by atoms with Crippen molar-refractivity contribution in [2.75, 3.05) is 25.6 Å². The highest BCUT2D eigenvalue weighted by molar-refractivity contribution is 5.51. The normalized spacial score (nSPS) is 14.5. The highest BCUT2D eigenvalue weighted by Crippen LogP contribution is 2.16. The van der Waals surface area contributed by atoms with Crippen LogP contribution in [0.2, 0.25) is 0 Å². The Kier molecular flexibility index (Phi) is 4.01. The van der Waals surface area contributed by atoms with Crippen LogP contribution in [0.5, 0.6) is 0 Å². The van der Waals surface area contributed by atoms with E-state index in [0.717, 1.165) is 17.0 Å². The second kappa shape index (κ2) is 5.54.